The Labute approximate surface area is 164 Å². The maximum absolute atomic E-state index is 6.43. The van der Waals surface area contributed by atoms with Crippen molar-refractivity contribution in [3.05, 3.63) is 47.7 Å². The van der Waals surface area contributed by atoms with Crippen LogP contribution in [0.1, 0.15) is 36.8 Å². The zero-order valence-electron chi connectivity index (χ0n) is 16.3. The number of aliphatic imine (C=N–C) groups is 1. The van der Waals surface area contributed by atoms with E-state index < -0.39 is 5.72 Å². The van der Waals surface area contributed by atoms with Gasteiger partial charge in [0.15, 0.2) is 0 Å². The molecule has 28 heavy (non-hydrogen) atoms. The smallest absolute Gasteiger partial charge is 0.220 e. The van der Waals surface area contributed by atoms with Crippen molar-refractivity contribution in [1.29, 1.82) is 0 Å². The summed E-state index contributed by atoms with van der Waals surface area (Å²) in [6.07, 6.45) is 6.92. The van der Waals surface area contributed by atoms with E-state index in [4.69, 9.17) is 20.3 Å². The number of hydroxylamine groups is 2. The first-order valence-corrected chi connectivity index (χ1v) is 9.79. The van der Waals surface area contributed by atoms with Crippen LogP contribution in [0.3, 0.4) is 0 Å². The molecule has 5 rings (SSSR count). The van der Waals surface area contributed by atoms with Crippen molar-refractivity contribution in [2.24, 2.45) is 16.1 Å². The quantitative estimate of drug-likeness (QED) is 0.863. The molecule has 1 aromatic carbocycles. The maximum atomic E-state index is 6.43. The molecule has 0 saturated heterocycles. The molecular weight excluding hydrogens is 354 g/mol. The van der Waals surface area contributed by atoms with Crippen LogP contribution in [0, 0.1) is 5.41 Å². The molecule has 2 aliphatic carbocycles. The predicted molar refractivity (Wildman–Crippen MR) is 105 cm³/mol. The van der Waals surface area contributed by atoms with Gasteiger partial charge in [-0.2, -0.15) is 10.2 Å². The van der Waals surface area contributed by atoms with Gasteiger partial charge >= 0.3 is 0 Å². The minimum Gasteiger partial charge on any atom is -0.381 e. The van der Waals surface area contributed by atoms with Gasteiger partial charge in [0.05, 0.1) is 11.8 Å². The Kier molecular flexibility index (Phi) is 3.93. The van der Waals surface area contributed by atoms with E-state index in [0.29, 0.717) is 12.1 Å². The molecule has 7 heteroatoms. The van der Waals surface area contributed by atoms with Crippen LogP contribution in [0.15, 0.2) is 41.5 Å². The summed E-state index contributed by atoms with van der Waals surface area (Å²) < 4.78 is 5.61. The van der Waals surface area contributed by atoms with Crippen LogP contribution in [0.4, 0.5) is 0 Å². The minimum absolute atomic E-state index is 0.110. The molecule has 1 aromatic heterocycles. The summed E-state index contributed by atoms with van der Waals surface area (Å²) in [5.74, 6) is 0.422. The SMILES string of the molecule is COC1CCC2(CC1)Cc1ccc(-c3cccnn3)cc1C21N=C(N)N(C)O1. The number of nitrogens with two attached hydrogens (primary N) is 1. The Balaban J connectivity index is 1.63. The minimum atomic E-state index is -0.780. The molecule has 1 atom stereocenters. The van der Waals surface area contributed by atoms with Gasteiger partial charge in [0.1, 0.15) is 0 Å². The van der Waals surface area contributed by atoms with Crippen LogP contribution >= 0.6 is 0 Å². The highest BCUT2D eigenvalue weighted by Gasteiger charge is 2.63. The monoisotopic (exact) mass is 379 g/mol. The molecule has 2 spiro atoms. The Hall–Kier alpha value is -2.51. The molecule has 0 radical (unpaired) electrons. The number of hydrogen-bond donors (Lipinski definition) is 1. The molecule has 7 nitrogen and oxygen atoms in total. The van der Waals surface area contributed by atoms with Crippen molar-refractivity contribution in [3.63, 3.8) is 0 Å². The van der Waals surface area contributed by atoms with Gasteiger partial charge in [-0.05, 0) is 55.9 Å². The molecule has 1 fully saturated rings. The lowest BCUT2D eigenvalue weighted by molar-refractivity contribution is -0.232. The molecule has 2 aromatic rings. The summed E-state index contributed by atoms with van der Waals surface area (Å²) in [6, 6.07) is 10.3. The van der Waals surface area contributed by atoms with Crippen LogP contribution in [0.5, 0.6) is 0 Å². The first-order chi connectivity index (χ1) is 13.6. The van der Waals surface area contributed by atoms with Gasteiger partial charge in [-0.15, -0.1) is 0 Å². The fraction of sp³-hybridized carbons (Fsp3) is 0.476. The van der Waals surface area contributed by atoms with Gasteiger partial charge in [-0.3, -0.25) is 0 Å². The number of rotatable bonds is 2. The first kappa shape index (κ1) is 17.6. The highest BCUT2D eigenvalue weighted by Crippen LogP contribution is 2.62. The van der Waals surface area contributed by atoms with Crippen molar-refractivity contribution in [1.82, 2.24) is 15.3 Å². The molecule has 1 aliphatic heterocycles. The lowest BCUT2D eigenvalue weighted by Gasteiger charge is -2.45. The van der Waals surface area contributed by atoms with E-state index in [1.54, 1.807) is 18.4 Å². The zero-order valence-corrected chi connectivity index (χ0v) is 16.3. The zero-order chi connectivity index (χ0) is 19.4. The number of ether oxygens (including phenoxy) is 1. The number of nitrogens with zero attached hydrogens (tertiary/aromatic N) is 4. The highest BCUT2D eigenvalue weighted by molar-refractivity contribution is 5.79. The molecule has 3 aliphatic rings. The third kappa shape index (κ3) is 2.39. The number of aromatic nitrogens is 2. The molecular formula is C21H25N5O2. The number of hydrogen-bond acceptors (Lipinski definition) is 7. The van der Waals surface area contributed by atoms with E-state index in [-0.39, 0.29) is 5.41 Å². The van der Waals surface area contributed by atoms with Crippen molar-refractivity contribution in [2.75, 3.05) is 14.2 Å². The molecule has 0 bridgehead atoms. The van der Waals surface area contributed by atoms with E-state index in [2.05, 4.69) is 28.4 Å². The summed E-state index contributed by atoms with van der Waals surface area (Å²) in [6.45, 7) is 0. The van der Waals surface area contributed by atoms with E-state index in [1.165, 1.54) is 5.56 Å². The standard InChI is InChI=1S/C21H25N5O2/c1-26-19(22)24-21(28-26)17-12-14(18-4-3-11-23-25-18)5-6-15(17)13-20(21)9-7-16(27-2)8-10-20/h3-6,11-12,16H,7-10,13H2,1-2H3,(H2,22,24). The average Bonchev–Trinajstić information content (AvgIpc) is 3.17. The number of methoxy groups -OCH3 is 1. The van der Waals surface area contributed by atoms with Gasteiger partial charge in [0.2, 0.25) is 11.7 Å². The largest absolute Gasteiger partial charge is 0.381 e. The molecule has 2 heterocycles. The fourth-order valence-electron chi connectivity index (χ4n) is 5.15. The Morgan fingerprint density at radius 3 is 2.71 bits per heavy atom. The van der Waals surface area contributed by atoms with Gasteiger partial charge in [-0.25, -0.2) is 14.9 Å². The topological polar surface area (TPSA) is 85.9 Å². The number of guanidine groups is 1. The number of fused-ring (bicyclic) bond motifs is 3. The van der Waals surface area contributed by atoms with Crippen LogP contribution in [0.25, 0.3) is 11.3 Å². The highest BCUT2D eigenvalue weighted by atomic mass is 16.7. The normalized spacial score (nSPS) is 31.4. The molecule has 146 valence electrons. The van der Waals surface area contributed by atoms with Crippen LogP contribution in [-0.4, -0.2) is 41.5 Å². The van der Waals surface area contributed by atoms with E-state index in [1.807, 2.05) is 19.2 Å². The van der Waals surface area contributed by atoms with E-state index in [0.717, 1.165) is 48.9 Å². The van der Waals surface area contributed by atoms with Crippen molar-refractivity contribution >= 4 is 5.96 Å². The van der Waals surface area contributed by atoms with Crippen LogP contribution in [-0.2, 0) is 21.7 Å². The summed E-state index contributed by atoms with van der Waals surface area (Å²) in [7, 11) is 3.62. The number of benzene rings is 1. The summed E-state index contributed by atoms with van der Waals surface area (Å²) in [4.78, 5) is 11.4. The van der Waals surface area contributed by atoms with Crippen molar-refractivity contribution in [2.45, 2.75) is 43.9 Å². The third-order valence-electron chi connectivity index (χ3n) is 6.68. The predicted octanol–water partition coefficient (Wildman–Crippen LogP) is 2.62. The van der Waals surface area contributed by atoms with Gasteiger partial charge < -0.3 is 10.5 Å². The third-order valence-corrected chi connectivity index (χ3v) is 6.68. The van der Waals surface area contributed by atoms with E-state index >= 15 is 0 Å². The Morgan fingerprint density at radius 1 is 1.25 bits per heavy atom. The Morgan fingerprint density at radius 2 is 2.07 bits per heavy atom. The van der Waals surface area contributed by atoms with Crippen LogP contribution in [0.2, 0.25) is 0 Å². The summed E-state index contributed by atoms with van der Waals surface area (Å²) in [5.41, 5.74) is 9.52. The second-order valence-electron chi connectivity index (χ2n) is 8.08. The first-order valence-electron chi connectivity index (χ1n) is 9.79. The Bertz CT molecular complexity index is 924. The van der Waals surface area contributed by atoms with Crippen LogP contribution < -0.4 is 5.73 Å². The van der Waals surface area contributed by atoms with E-state index in [9.17, 15) is 0 Å². The summed E-state index contributed by atoms with van der Waals surface area (Å²) >= 11 is 0. The summed E-state index contributed by atoms with van der Waals surface area (Å²) in [5, 5.41) is 9.89. The molecule has 0 amide bonds. The average molecular weight is 379 g/mol. The maximum Gasteiger partial charge on any atom is 0.220 e. The van der Waals surface area contributed by atoms with Gasteiger partial charge in [0, 0.05) is 36.9 Å². The van der Waals surface area contributed by atoms with Gasteiger partial charge in [0.25, 0.3) is 0 Å². The molecule has 2 N–H and O–H groups in total. The van der Waals surface area contributed by atoms with Crippen molar-refractivity contribution in [3.8, 4) is 11.3 Å². The lowest BCUT2D eigenvalue weighted by atomic mass is 9.66. The second-order valence-corrected chi connectivity index (χ2v) is 8.08. The van der Waals surface area contributed by atoms with Gasteiger partial charge in [-0.1, -0.05) is 12.1 Å². The second kappa shape index (κ2) is 6.25. The van der Waals surface area contributed by atoms with Crippen molar-refractivity contribution < 1.29 is 9.57 Å². The molecule has 1 saturated carbocycles. The molecule has 1 unspecified atom stereocenters. The fourth-order valence-corrected chi connectivity index (χ4v) is 5.15. The lowest BCUT2D eigenvalue weighted by Crippen LogP contribution is -2.46.